The number of halogens is 1. The molecule has 0 radical (unpaired) electrons. The predicted octanol–water partition coefficient (Wildman–Crippen LogP) is 1.68. The van der Waals surface area contributed by atoms with Crippen LogP contribution in [0.25, 0.3) is 0 Å². The van der Waals surface area contributed by atoms with Gasteiger partial charge in [-0.05, 0) is 37.1 Å². The fraction of sp³-hybridized carbons (Fsp3) is 0.462. The van der Waals surface area contributed by atoms with E-state index in [1.165, 1.54) is 28.6 Å². The number of hydrogen-bond acceptors (Lipinski definition) is 3. The summed E-state index contributed by atoms with van der Waals surface area (Å²) in [5.41, 5.74) is 0.432. The van der Waals surface area contributed by atoms with Gasteiger partial charge in [0.2, 0.25) is 10.0 Å². The lowest BCUT2D eigenvalue weighted by Gasteiger charge is -2.30. The summed E-state index contributed by atoms with van der Waals surface area (Å²) in [4.78, 5) is 12.2. The Morgan fingerprint density at radius 3 is 2.53 bits per heavy atom. The number of carbonyl (C=O) groups excluding carboxylic acids is 1. The maximum Gasteiger partial charge on any atom is 0.211 e. The van der Waals surface area contributed by atoms with Crippen LogP contribution in [0.5, 0.6) is 0 Å². The van der Waals surface area contributed by atoms with E-state index < -0.39 is 15.8 Å². The summed E-state index contributed by atoms with van der Waals surface area (Å²) in [6.07, 6.45) is 2.49. The molecule has 1 aliphatic rings. The molecular weight excluding hydrogens is 269 g/mol. The van der Waals surface area contributed by atoms with Gasteiger partial charge < -0.3 is 0 Å². The number of rotatable bonds is 3. The van der Waals surface area contributed by atoms with Crippen molar-refractivity contribution in [2.45, 2.75) is 12.8 Å². The summed E-state index contributed by atoms with van der Waals surface area (Å²) in [6.45, 7) is 0.682. The van der Waals surface area contributed by atoms with Crippen LogP contribution in [0, 0.1) is 11.7 Å². The Morgan fingerprint density at radius 1 is 1.32 bits per heavy atom. The highest BCUT2D eigenvalue weighted by Gasteiger charge is 2.30. The van der Waals surface area contributed by atoms with E-state index >= 15 is 0 Å². The molecule has 1 aromatic carbocycles. The SMILES string of the molecule is CS(=O)(=O)N1CCCC(C(=O)c2ccc(F)cc2)C1. The van der Waals surface area contributed by atoms with Gasteiger partial charge in [0.15, 0.2) is 5.78 Å². The van der Waals surface area contributed by atoms with Crippen LogP contribution in [-0.4, -0.2) is 37.9 Å². The zero-order valence-corrected chi connectivity index (χ0v) is 11.5. The monoisotopic (exact) mass is 285 g/mol. The van der Waals surface area contributed by atoms with E-state index in [2.05, 4.69) is 0 Å². The van der Waals surface area contributed by atoms with Crippen molar-refractivity contribution in [3.8, 4) is 0 Å². The molecule has 0 saturated carbocycles. The Bertz CT molecular complexity index is 568. The van der Waals surface area contributed by atoms with Crippen LogP contribution in [0.2, 0.25) is 0 Å². The van der Waals surface area contributed by atoms with E-state index in [1.807, 2.05) is 0 Å². The molecule has 1 atom stereocenters. The molecule has 1 saturated heterocycles. The first-order valence-electron chi connectivity index (χ1n) is 6.13. The molecular formula is C13H16FNO3S. The van der Waals surface area contributed by atoms with E-state index in [-0.39, 0.29) is 18.2 Å². The molecule has 1 aromatic rings. The second-order valence-corrected chi connectivity index (χ2v) is 6.81. The van der Waals surface area contributed by atoms with Gasteiger partial charge in [-0.2, -0.15) is 0 Å². The number of nitrogens with zero attached hydrogens (tertiary/aromatic N) is 1. The Labute approximate surface area is 112 Å². The quantitative estimate of drug-likeness (QED) is 0.794. The highest BCUT2D eigenvalue weighted by Crippen LogP contribution is 2.22. The van der Waals surface area contributed by atoms with Crippen molar-refractivity contribution in [1.29, 1.82) is 0 Å². The highest BCUT2D eigenvalue weighted by atomic mass is 32.2. The first-order chi connectivity index (χ1) is 8.88. The third-order valence-electron chi connectivity index (χ3n) is 3.35. The third kappa shape index (κ3) is 3.39. The number of sulfonamides is 1. The predicted molar refractivity (Wildman–Crippen MR) is 69.9 cm³/mol. The van der Waals surface area contributed by atoms with Gasteiger partial charge in [-0.15, -0.1) is 0 Å². The minimum Gasteiger partial charge on any atom is -0.294 e. The summed E-state index contributed by atoms with van der Waals surface area (Å²) in [7, 11) is -3.26. The maximum absolute atomic E-state index is 12.8. The van der Waals surface area contributed by atoms with Gasteiger partial charge in [0, 0.05) is 24.6 Å². The largest absolute Gasteiger partial charge is 0.294 e. The third-order valence-corrected chi connectivity index (χ3v) is 4.62. The summed E-state index contributed by atoms with van der Waals surface area (Å²) in [6, 6.07) is 5.36. The molecule has 0 aliphatic carbocycles. The second-order valence-electron chi connectivity index (χ2n) is 4.83. The van der Waals surface area contributed by atoms with Gasteiger partial charge in [-0.1, -0.05) is 0 Å². The van der Waals surface area contributed by atoms with E-state index in [0.717, 1.165) is 6.26 Å². The lowest BCUT2D eigenvalue weighted by Crippen LogP contribution is -2.41. The van der Waals surface area contributed by atoms with Crippen molar-refractivity contribution in [3.05, 3.63) is 35.6 Å². The van der Waals surface area contributed by atoms with Crippen LogP contribution in [0.15, 0.2) is 24.3 Å². The molecule has 0 aromatic heterocycles. The summed E-state index contributed by atoms with van der Waals surface area (Å²) in [5, 5.41) is 0. The van der Waals surface area contributed by atoms with E-state index in [0.29, 0.717) is 24.9 Å². The van der Waals surface area contributed by atoms with Crippen LogP contribution in [0.3, 0.4) is 0 Å². The highest BCUT2D eigenvalue weighted by molar-refractivity contribution is 7.88. The van der Waals surface area contributed by atoms with Crippen molar-refractivity contribution in [2.75, 3.05) is 19.3 Å². The van der Waals surface area contributed by atoms with Crippen molar-refractivity contribution in [3.63, 3.8) is 0 Å². The number of benzene rings is 1. The molecule has 104 valence electrons. The Hall–Kier alpha value is -1.27. The van der Waals surface area contributed by atoms with Crippen LogP contribution in [0.1, 0.15) is 23.2 Å². The van der Waals surface area contributed by atoms with Gasteiger partial charge in [0.05, 0.1) is 6.26 Å². The molecule has 6 heteroatoms. The van der Waals surface area contributed by atoms with Crippen LogP contribution in [0.4, 0.5) is 4.39 Å². The van der Waals surface area contributed by atoms with Crippen LogP contribution >= 0.6 is 0 Å². The lowest BCUT2D eigenvalue weighted by atomic mass is 9.91. The molecule has 0 spiro atoms. The zero-order valence-electron chi connectivity index (χ0n) is 10.7. The molecule has 1 unspecified atom stereocenters. The number of Topliss-reactive ketones (excluding diaryl/α,β-unsaturated/α-hetero) is 1. The minimum atomic E-state index is -3.26. The fourth-order valence-electron chi connectivity index (χ4n) is 2.31. The van der Waals surface area contributed by atoms with Crippen molar-refractivity contribution >= 4 is 15.8 Å². The molecule has 0 amide bonds. The minimum absolute atomic E-state index is 0.117. The normalized spacial score (nSPS) is 21.3. The van der Waals surface area contributed by atoms with Gasteiger partial charge >= 0.3 is 0 Å². The second kappa shape index (κ2) is 5.38. The molecule has 0 N–H and O–H groups in total. The number of ketones is 1. The van der Waals surface area contributed by atoms with Crippen LogP contribution < -0.4 is 0 Å². The van der Waals surface area contributed by atoms with Crippen molar-refractivity contribution < 1.29 is 17.6 Å². The average molecular weight is 285 g/mol. The maximum atomic E-state index is 12.8. The molecule has 2 rings (SSSR count). The fourth-order valence-corrected chi connectivity index (χ4v) is 3.22. The Balaban J connectivity index is 2.13. The standard InChI is InChI=1S/C13H16FNO3S/c1-19(17,18)15-8-2-3-11(9-15)13(16)10-4-6-12(14)7-5-10/h4-7,11H,2-3,8-9H2,1H3. The Kier molecular flexibility index (Phi) is 4.01. The smallest absolute Gasteiger partial charge is 0.211 e. The lowest BCUT2D eigenvalue weighted by molar-refractivity contribution is 0.0872. The van der Waals surface area contributed by atoms with E-state index in [1.54, 1.807) is 0 Å². The molecule has 0 bridgehead atoms. The Morgan fingerprint density at radius 2 is 1.95 bits per heavy atom. The van der Waals surface area contributed by atoms with Crippen LogP contribution in [-0.2, 0) is 10.0 Å². The van der Waals surface area contributed by atoms with Crippen molar-refractivity contribution in [1.82, 2.24) is 4.31 Å². The van der Waals surface area contributed by atoms with E-state index in [9.17, 15) is 17.6 Å². The summed E-state index contributed by atoms with van der Waals surface area (Å²) in [5.74, 6) is -0.847. The van der Waals surface area contributed by atoms with Crippen molar-refractivity contribution in [2.24, 2.45) is 5.92 Å². The summed E-state index contributed by atoms with van der Waals surface area (Å²) >= 11 is 0. The first-order valence-corrected chi connectivity index (χ1v) is 7.97. The number of piperidine rings is 1. The number of hydrogen-bond donors (Lipinski definition) is 0. The molecule has 19 heavy (non-hydrogen) atoms. The molecule has 1 aliphatic heterocycles. The molecule has 4 nitrogen and oxygen atoms in total. The van der Waals surface area contributed by atoms with Gasteiger partial charge in [0.25, 0.3) is 0 Å². The topological polar surface area (TPSA) is 54.5 Å². The first kappa shape index (κ1) is 14.1. The zero-order chi connectivity index (χ0) is 14.0. The summed E-state index contributed by atoms with van der Waals surface area (Å²) < 4.78 is 37.1. The van der Waals surface area contributed by atoms with Gasteiger partial charge in [-0.25, -0.2) is 17.1 Å². The molecule has 1 fully saturated rings. The number of carbonyl (C=O) groups is 1. The average Bonchev–Trinajstić information content (AvgIpc) is 2.38. The molecule has 1 heterocycles. The van der Waals surface area contributed by atoms with Gasteiger partial charge in [0.1, 0.15) is 5.82 Å². The van der Waals surface area contributed by atoms with Gasteiger partial charge in [-0.3, -0.25) is 4.79 Å². The van der Waals surface area contributed by atoms with E-state index in [4.69, 9.17) is 0 Å².